The van der Waals surface area contributed by atoms with E-state index in [1.54, 1.807) is 29.4 Å². The predicted molar refractivity (Wildman–Crippen MR) is 154 cm³/mol. The minimum absolute atomic E-state index is 0.0818. The summed E-state index contributed by atoms with van der Waals surface area (Å²) >= 11 is 0. The van der Waals surface area contributed by atoms with Gasteiger partial charge in [0.25, 0.3) is 11.8 Å². The van der Waals surface area contributed by atoms with Crippen molar-refractivity contribution in [2.75, 3.05) is 17.2 Å². The molecule has 4 N–H and O–H groups in total. The SMILES string of the molecule is C[C@H](NC(=O)c1c(N)ncc2cccnc12)C1(C)Cc2cccc(C#CCNC=O)c2C(=O)N1c1ccccc1. The molecule has 1 aliphatic heterocycles. The largest absolute Gasteiger partial charge is 0.383 e. The lowest BCUT2D eigenvalue weighted by Gasteiger charge is -2.49. The number of hydrogen-bond donors (Lipinski definition) is 3. The average Bonchev–Trinajstić information content (AvgIpc) is 2.95. The van der Waals surface area contributed by atoms with Crippen molar-refractivity contribution in [1.82, 2.24) is 20.6 Å². The van der Waals surface area contributed by atoms with Crippen LogP contribution in [0.3, 0.4) is 0 Å². The topological polar surface area (TPSA) is 130 Å². The molecule has 9 heteroatoms. The highest BCUT2D eigenvalue weighted by atomic mass is 16.2. The third-order valence-electron chi connectivity index (χ3n) is 7.32. The van der Waals surface area contributed by atoms with Crippen molar-refractivity contribution in [3.05, 3.63) is 95.3 Å². The summed E-state index contributed by atoms with van der Waals surface area (Å²) in [5.74, 6) is 5.36. The second kappa shape index (κ2) is 10.9. The molecule has 9 nitrogen and oxygen atoms in total. The summed E-state index contributed by atoms with van der Waals surface area (Å²) in [6.45, 7) is 4.01. The first-order valence-corrected chi connectivity index (χ1v) is 12.8. The van der Waals surface area contributed by atoms with Crippen LogP contribution >= 0.6 is 0 Å². The van der Waals surface area contributed by atoms with Gasteiger partial charge in [-0.3, -0.25) is 19.4 Å². The first-order chi connectivity index (χ1) is 19.3. The molecule has 3 amide bonds. The lowest BCUT2D eigenvalue weighted by molar-refractivity contribution is -0.109. The normalized spacial score (nSPS) is 16.9. The van der Waals surface area contributed by atoms with E-state index in [0.717, 1.165) is 5.56 Å². The molecule has 0 radical (unpaired) electrons. The molecule has 0 spiro atoms. The number of hydrogen-bond acceptors (Lipinski definition) is 6. The van der Waals surface area contributed by atoms with E-state index in [1.165, 1.54) is 0 Å². The van der Waals surface area contributed by atoms with E-state index in [0.29, 0.717) is 40.5 Å². The summed E-state index contributed by atoms with van der Waals surface area (Å²) in [6, 6.07) is 18.0. The summed E-state index contributed by atoms with van der Waals surface area (Å²) in [6.07, 6.45) is 4.22. The Morgan fingerprint density at radius 2 is 1.95 bits per heavy atom. The van der Waals surface area contributed by atoms with Crippen LogP contribution in [0.25, 0.3) is 10.9 Å². The molecule has 0 aliphatic carbocycles. The first-order valence-electron chi connectivity index (χ1n) is 12.8. The Morgan fingerprint density at radius 3 is 2.73 bits per heavy atom. The van der Waals surface area contributed by atoms with Crippen LogP contribution in [0.2, 0.25) is 0 Å². The van der Waals surface area contributed by atoms with Gasteiger partial charge in [0.1, 0.15) is 11.4 Å². The fourth-order valence-electron chi connectivity index (χ4n) is 5.18. The van der Waals surface area contributed by atoms with E-state index in [4.69, 9.17) is 5.73 Å². The Hall–Kier alpha value is -5.23. The number of carbonyl (C=O) groups is 3. The lowest BCUT2D eigenvalue weighted by atomic mass is 9.77. The van der Waals surface area contributed by atoms with Crippen molar-refractivity contribution in [2.45, 2.75) is 31.8 Å². The number of nitrogens with two attached hydrogens (primary N) is 1. The van der Waals surface area contributed by atoms with Gasteiger partial charge in [-0.1, -0.05) is 42.2 Å². The van der Waals surface area contributed by atoms with E-state index < -0.39 is 17.5 Å². The number of nitrogens with one attached hydrogen (secondary N) is 2. The summed E-state index contributed by atoms with van der Waals surface area (Å²) in [7, 11) is 0. The van der Waals surface area contributed by atoms with Gasteiger partial charge in [-0.2, -0.15) is 0 Å². The smallest absolute Gasteiger partial charge is 0.260 e. The third kappa shape index (κ3) is 4.71. The second-order valence-electron chi connectivity index (χ2n) is 9.81. The Bertz CT molecular complexity index is 1680. The average molecular weight is 533 g/mol. The van der Waals surface area contributed by atoms with Gasteiger partial charge in [0.2, 0.25) is 6.41 Å². The Labute approximate surface area is 231 Å². The van der Waals surface area contributed by atoms with Crippen molar-refractivity contribution < 1.29 is 14.4 Å². The van der Waals surface area contributed by atoms with Gasteiger partial charge in [-0.05, 0) is 56.2 Å². The number of amides is 3. The van der Waals surface area contributed by atoms with Crippen LogP contribution in [-0.2, 0) is 11.2 Å². The number of nitrogen functional groups attached to an aromatic ring is 1. The maximum Gasteiger partial charge on any atom is 0.260 e. The lowest BCUT2D eigenvalue weighted by Crippen LogP contribution is -2.65. The molecule has 0 bridgehead atoms. The van der Waals surface area contributed by atoms with Gasteiger partial charge in [-0.15, -0.1) is 0 Å². The highest BCUT2D eigenvalue weighted by Crippen LogP contribution is 2.38. The fraction of sp³-hybridized carbons (Fsp3) is 0.194. The molecule has 40 heavy (non-hydrogen) atoms. The number of fused-ring (bicyclic) bond motifs is 2. The van der Waals surface area contributed by atoms with Crippen molar-refractivity contribution in [2.24, 2.45) is 0 Å². The van der Waals surface area contributed by atoms with Crippen LogP contribution in [0.4, 0.5) is 11.5 Å². The Balaban J connectivity index is 1.56. The number of para-hydroxylation sites is 1. The van der Waals surface area contributed by atoms with Crippen LogP contribution < -0.4 is 21.3 Å². The van der Waals surface area contributed by atoms with Gasteiger partial charge in [0, 0.05) is 29.0 Å². The fourth-order valence-corrected chi connectivity index (χ4v) is 5.18. The first kappa shape index (κ1) is 26.4. The molecule has 0 fully saturated rings. The molecule has 2 aromatic carbocycles. The Morgan fingerprint density at radius 1 is 1.15 bits per heavy atom. The highest BCUT2D eigenvalue weighted by Gasteiger charge is 2.47. The van der Waals surface area contributed by atoms with Crippen LogP contribution in [0, 0.1) is 11.8 Å². The summed E-state index contributed by atoms with van der Waals surface area (Å²) in [5, 5.41) is 6.30. The van der Waals surface area contributed by atoms with E-state index >= 15 is 0 Å². The number of benzene rings is 2. The van der Waals surface area contributed by atoms with Crippen molar-refractivity contribution >= 4 is 40.6 Å². The molecule has 200 valence electrons. The highest BCUT2D eigenvalue weighted by molar-refractivity contribution is 6.12. The minimum atomic E-state index is -0.855. The zero-order valence-electron chi connectivity index (χ0n) is 22.1. The molecule has 1 unspecified atom stereocenters. The number of pyridine rings is 2. The predicted octanol–water partition coefficient (Wildman–Crippen LogP) is 3.09. The molecule has 0 saturated carbocycles. The summed E-state index contributed by atoms with van der Waals surface area (Å²) in [4.78, 5) is 48.8. The van der Waals surface area contributed by atoms with E-state index in [-0.39, 0.29) is 23.8 Å². The molecule has 5 rings (SSSR count). The van der Waals surface area contributed by atoms with Crippen LogP contribution in [0.15, 0.2) is 73.1 Å². The monoisotopic (exact) mass is 532 g/mol. The molecular weight excluding hydrogens is 504 g/mol. The van der Waals surface area contributed by atoms with Gasteiger partial charge in [0.15, 0.2) is 0 Å². The number of anilines is 2. The number of carbonyl (C=O) groups excluding carboxylic acids is 3. The van der Waals surface area contributed by atoms with Gasteiger partial charge in [-0.25, -0.2) is 4.98 Å². The maximum absolute atomic E-state index is 14.3. The molecule has 4 aromatic rings. The zero-order chi connectivity index (χ0) is 28.3. The zero-order valence-corrected chi connectivity index (χ0v) is 22.1. The van der Waals surface area contributed by atoms with Crippen molar-refractivity contribution in [3.63, 3.8) is 0 Å². The summed E-state index contributed by atoms with van der Waals surface area (Å²) < 4.78 is 0. The molecular formula is C31H28N6O3. The van der Waals surface area contributed by atoms with E-state index in [2.05, 4.69) is 32.4 Å². The standard InChI is InChI=1S/C31H28N6O3/c1-20(36-29(39)26-27-23(12-8-16-34-27)18-35-28(26)32)31(2)17-22-10-6-9-21(11-7-15-33-19-38)25(22)30(40)37(31)24-13-4-3-5-14-24/h3-6,8-10,12-14,16,18-20H,15,17H2,1-2H3,(H2,32,35)(H,33,38)(H,36,39)/t20-,31?/m0/s1. The van der Waals surface area contributed by atoms with Gasteiger partial charge >= 0.3 is 0 Å². The van der Waals surface area contributed by atoms with Crippen LogP contribution in [-0.4, -0.2) is 46.3 Å². The quantitative estimate of drug-likeness (QED) is 0.199. The van der Waals surface area contributed by atoms with Crippen LogP contribution in [0.5, 0.6) is 0 Å². The second-order valence-corrected chi connectivity index (χ2v) is 9.81. The number of rotatable bonds is 6. The Kier molecular flexibility index (Phi) is 7.17. The summed E-state index contributed by atoms with van der Waals surface area (Å²) in [5.41, 5.74) is 8.55. The molecule has 0 saturated heterocycles. The third-order valence-corrected chi connectivity index (χ3v) is 7.32. The van der Waals surface area contributed by atoms with Gasteiger partial charge in [0.05, 0.1) is 29.2 Å². The minimum Gasteiger partial charge on any atom is -0.383 e. The van der Waals surface area contributed by atoms with Gasteiger partial charge < -0.3 is 21.3 Å². The molecule has 2 aromatic heterocycles. The van der Waals surface area contributed by atoms with Crippen LogP contribution in [0.1, 0.15) is 45.7 Å². The van der Waals surface area contributed by atoms with Crippen molar-refractivity contribution in [1.29, 1.82) is 0 Å². The van der Waals surface area contributed by atoms with E-state index in [9.17, 15) is 14.4 Å². The molecule has 2 atom stereocenters. The molecule has 3 heterocycles. The number of nitrogens with zero attached hydrogens (tertiary/aromatic N) is 3. The molecule has 1 aliphatic rings. The maximum atomic E-state index is 14.3. The van der Waals surface area contributed by atoms with Crippen molar-refractivity contribution in [3.8, 4) is 11.8 Å². The van der Waals surface area contributed by atoms with E-state index in [1.807, 2.05) is 62.4 Å². The number of aromatic nitrogens is 2.